The average Bonchev–Trinajstić information content (AvgIpc) is 2.41. The zero-order valence-electron chi connectivity index (χ0n) is 10.7. The van der Waals surface area contributed by atoms with Crippen LogP contribution in [0.2, 0.25) is 0 Å². The number of hydrogen-bond acceptors (Lipinski definition) is 3. The Morgan fingerprint density at radius 2 is 1.94 bits per heavy atom. The number of anilines is 2. The highest BCUT2D eigenvalue weighted by atomic mass is 16.5. The number of nitrogens with one attached hydrogen (secondary N) is 1. The summed E-state index contributed by atoms with van der Waals surface area (Å²) in [6.45, 7) is 2.77. The first-order valence-corrected chi connectivity index (χ1v) is 5.92. The summed E-state index contributed by atoms with van der Waals surface area (Å²) in [6.07, 6.45) is 0. The first kappa shape index (κ1) is 12.3. The largest absolute Gasteiger partial charge is 0.497 e. The average molecular weight is 242 g/mol. The molecule has 3 N–H and O–H groups in total. The van der Waals surface area contributed by atoms with Crippen LogP contribution in [0.1, 0.15) is 11.1 Å². The second-order valence-corrected chi connectivity index (χ2v) is 4.22. The zero-order chi connectivity index (χ0) is 13.0. The second-order valence-electron chi connectivity index (χ2n) is 4.22. The van der Waals surface area contributed by atoms with E-state index in [-0.39, 0.29) is 0 Å². The van der Waals surface area contributed by atoms with Gasteiger partial charge in [0.05, 0.1) is 7.11 Å². The number of rotatable bonds is 4. The minimum absolute atomic E-state index is 0.751. The fourth-order valence-electron chi connectivity index (χ4n) is 1.82. The molecule has 3 nitrogen and oxygen atoms in total. The predicted octanol–water partition coefficient (Wildman–Crippen LogP) is 3.20. The smallest absolute Gasteiger partial charge is 0.119 e. The molecule has 18 heavy (non-hydrogen) atoms. The van der Waals surface area contributed by atoms with Crippen LogP contribution in [-0.4, -0.2) is 7.11 Å². The van der Waals surface area contributed by atoms with Crippen LogP contribution in [-0.2, 0) is 6.54 Å². The summed E-state index contributed by atoms with van der Waals surface area (Å²) in [6, 6.07) is 13.9. The molecule has 0 spiro atoms. The highest BCUT2D eigenvalue weighted by Crippen LogP contribution is 2.21. The molecule has 2 aromatic rings. The molecule has 3 heteroatoms. The third kappa shape index (κ3) is 2.74. The lowest BCUT2D eigenvalue weighted by atomic mass is 10.1. The van der Waals surface area contributed by atoms with Gasteiger partial charge < -0.3 is 15.8 Å². The molecule has 94 valence electrons. The van der Waals surface area contributed by atoms with Crippen molar-refractivity contribution in [1.29, 1.82) is 0 Å². The molecule has 0 saturated heterocycles. The Kier molecular flexibility index (Phi) is 3.72. The number of hydrogen-bond donors (Lipinski definition) is 2. The number of benzene rings is 2. The topological polar surface area (TPSA) is 47.3 Å². The highest BCUT2D eigenvalue weighted by molar-refractivity contribution is 5.62. The summed E-state index contributed by atoms with van der Waals surface area (Å²) in [7, 11) is 1.68. The summed E-state index contributed by atoms with van der Waals surface area (Å²) in [4.78, 5) is 0. The summed E-state index contributed by atoms with van der Waals surface area (Å²) in [5.41, 5.74) is 10.0. The van der Waals surface area contributed by atoms with Crippen molar-refractivity contribution in [2.45, 2.75) is 13.5 Å². The van der Waals surface area contributed by atoms with E-state index < -0.39 is 0 Å². The Morgan fingerprint density at radius 1 is 1.17 bits per heavy atom. The van der Waals surface area contributed by atoms with Gasteiger partial charge in [-0.3, -0.25) is 0 Å². The van der Waals surface area contributed by atoms with Crippen LogP contribution in [0.15, 0.2) is 42.5 Å². The quantitative estimate of drug-likeness (QED) is 0.809. The van der Waals surface area contributed by atoms with E-state index in [4.69, 9.17) is 10.5 Å². The maximum Gasteiger partial charge on any atom is 0.119 e. The van der Waals surface area contributed by atoms with Gasteiger partial charge in [-0.25, -0.2) is 0 Å². The SMILES string of the molecule is COc1cccc(CNc2cccc(N)c2C)c1. The van der Waals surface area contributed by atoms with Gasteiger partial charge in [-0.05, 0) is 42.3 Å². The van der Waals surface area contributed by atoms with Crippen molar-refractivity contribution in [1.82, 2.24) is 0 Å². The van der Waals surface area contributed by atoms with Gasteiger partial charge in [0.2, 0.25) is 0 Å². The van der Waals surface area contributed by atoms with Crippen LogP contribution in [0, 0.1) is 6.92 Å². The van der Waals surface area contributed by atoms with E-state index in [9.17, 15) is 0 Å². The van der Waals surface area contributed by atoms with Crippen LogP contribution >= 0.6 is 0 Å². The number of nitrogens with two attached hydrogens (primary N) is 1. The molecule has 0 unspecified atom stereocenters. The standard InChI is InChI=1S/C15H18N2O/c1-11-14(16)7-4-8-15(11)17-10-12-5-3-6-13(9-12)18-2/h3-9,17H,10,16H2,1-2H3. The lowest BCUT2D eigenvalue weighted by Crippen LogP contribution is -2.02. The van der Waals surface area contributed by atoms with Crippen LogP contribution in [0.5, 0.6) is 5.75 Å². The van der Waals surface area contributed by atoms with E-state index in [0.29, 0.717) is 0 Å². The van der Waals surface area contributed by atoms with Gasteiger partial charge in [-0.15, -0.1) is 0 Å². The second kappa shape index (κ2) is 5.45. The van der Waals surface area contributed by atoms with Gasteiger partial charge >= 0.3 is 0 Å². The van der Waals surface area contributed by atoms with Crippen LogP contribution in [0.25, 0.3) is 0 Å². The van der Waals surface area contributed by atoms with Crippen molar-refractivity contribution in [3.05, 3.63) is 53.6 Å². The summed E-state index contributed by atoms with van der Waals surface area (Å²) >= 11 is 0. The molecule has 0 radical (unpaired) electrons. The maximum atomic E-state index is 5.88. The Morgan fingerprint density at radius 3 is 2.72 bits per heavy atom. The van der Waals surface area contributed by atoms with Gasteiger partial charge in [0, 0.05) is 17.9 Å². The van der Waals surface area contributed by atoms with Crippen LogP contribution in [0.4, 0.5) is 11.4 Å². The summed E-state index contributed by atoms with van der Waals surface area (Å²) in [5.74, 6) is 0.874. The van der Waals surface area contributed by atoms with E-state index in [1.807, 2.05) is 43.3 Å². The number of nitrogen functional groups attached to an aromatic ring is 1. The predicted molar refractivity (Wildman–Crippen MR) is 75.9 cm³/mol. The number of methoxy groups -OCH3 is 1. The monoisotopic (exact) mass is 242 g/mol. The molecule has 0 aliphatic rings. The minimum atomic E-state index is 0.751. The van der Waals surface area contributed by atoms with Gasteiger partial charge in [0.1, 0.15) is 5.75 Å². The molecule has 0 fully saturated rings. The van der Waals surface area contributed by atoms with E-state index >= 15 is 0 Å². The van der Waals surface area contributed by atoms with Crippen molar-refractivity contribution in [2.24, 2.45) is 0 Å². The number of ether oxygens (including phenoxy) is 1. The van der Waals surface area contributed by atoms with Gasteiger partial charge in [-0.1, -0.05) is 18.2 Å². The van der Waals surface area contributed by atoms with Crippen molar-refractivity contribution in [3.63, 3.8) is 0 Å². The van der Waals surface area contributed by atoms with Crippen molar-refractivity contribution in [3.8, 4) is 5.75 Å². The van der Waals surface area contributed by atoms with Crippen molar-refractivity contribution in [2.75, 3.05) is 18.2 Å². The molecule has 0 amide bonds. The zero-order valence-corrected chi connectivity index (χ0v) is 10.7. The Balaban J connectivity index is 2.09. The maximum absolute atomic E-state index is 5.88. The highest BCUT2D eigenvalue weighted by Gasteiger charge is 2.01. The lowest BCUT2D eigenvalue weighted by molar-refractivity contribution is 0.414. The Bertz CT molecular complexity index is 538. The van der Waals surface area contributed by atoms with E-state index in [0.717, 1.165) is 29.2 Å². The lowest BCUT2D eigenvalue weighted by Gasteiger charge is -2.11. The molecule has 0 bridgehead atoms. The molecule has 0 saturated carbocycles. The van der Waals surface area contributed by atoms with E-state index in [1.54, 1.807) is 7.11 Å². The summed E-state index contributed by atoms with van der Waals surface area (Å²) < 4.78 is 5.20. The van der Waals surface area contributed by atoms with Crippen LogP contribution < -0.4 is 15.8 Å². The molecular weight excluding hydrogens is 224 g/mol. The molecule has 2 aromatic carbocycles. The van der Waals surface area contributed by atoms with Crippen LogP contribution in [0.3, 0.4) is 0 Å². The first-order valence-electron chi connectivity index (χ1n) is 5.92. The summed E-state index contributed by atoms with van der Waals surface area (Å²) in [5, 5.41) is 3.39. The first-order chi connectivity index (χ1) is 8.70. The molecule has 2 rings (SSSR count). The fraction of sp³-hybridized carbons (Fsp3) is 0.200. The third-order valence-electron chi connectivity index (χ3n) is 2.99. The fourth-order valence-corrected chi connectivity index (χ4v) is 1.82. The minimum Gasteiger partial charge on any atom is -0.497 e. The van der Waals surface area contributed by atoms with Gasteiger partial charge in [0.25, 0.3) is 0 Å². The third-order valence-corrected chi connectivity index (χ3v) is 2.99. The van der Waals surface area contributed by atoms with Gasteiger partial charge in [-0.2, -0.15) is 0 Å². The molecule has 0 atom stereocenters. The van der Waals surface area contributed by atoms with Crippen molar-refractivity contribution >= 4 is 11.4 Å². The normalized spacial score (nSPS) is 10.1. The van der Waals surface area contributed by atoms with E-state index in [2.05, 4.69) is 11.4 Å². The molecular formula is C15H18N2O. The van der Waals surface area contributed by atoms with Crippen molar-refractivity contribution < 1.29 is 4.74 Å². The molecule has 0 aliphatic carbocycles. The van der Waals surface area contributed by atoms with Gasteiger partial charge in [0.15, 0.2) is 0 Å². The van der Waals surface area contributed by atoms with E-state index in [1.165, 1.54) is 5.56 Å². The molecule has 0 aromatic heterocycles. The molecule has 0 heterocycles. The Labute approximate surface area is 108 Å². The molecule has 0 aliphatic heterocycles. The Hall–Kier alpha value is -2.16.